The topological polar surface area (TPSA) is 45.1 Å². The van der Waals surface area contributed by atoms with Crippen molar-refractivity contribution in [3.8, 4) is 0 Å². The Morgan fingerprint density at radius 1 is 1.35 bits per heavy atom. The van der Waals surface area contributed by atoms with Gasteiger partial charge in [-0.15, -0.1) is 0 Å². The molecule has 0 saturated heterocycles. The number of aromatic nitrogens is 1. The standard InChI is InChI=1S/C13H16N2OS/c16-8-9-4-3-7-11(9)14-13-10-5-1-2-6-12(10)15-17-13/h1-2,5-6,9,11,14,16H,3-4,7-8H2. The highest BCUT2D eigenvalue weighted by Gasteiger charge is 2.27. The average molecular weight is 248 g/mol. The van der Waals surface area contributed by atoms with E-state index < -0.39 is 0 Å². The van der Waals surface area contributed by atoms with E-state index in [4.69, 9.17) is 0 Å². The molecular weight excluding hydrogens is 232 g/mol. The zero-order valence-electron chi connectivity index (χ0n) is 9.60. The lowest BCUT2D eigenvalue weighted by Crippen LogP contribution is -2.25. The van der Waals surface area contributed by atoms with E-state index in [0.29, 0.717) is 12.0 Å². The number of nitrogens with one attached hydrogen (secondary N) is 1. The van der Waals surface area contributed by atoms with Crippen molar-refractivity contribution < 1.29 is 5.11 Å². The van der Waals surface area contributed by atoms with Crippen molar-refractivity contribution in [2.75, 3.05) is 11.9 Å². The van der Waals surface area contributed by atoms with Gasteiger partial charge in [0, 0.05) is 24.0 Å². The van der Waals surface area contributed by atoms with Crippen LogP contribution in [0.15, 0.2) is 24.3 Å². The summed E-state index contributed by atoms with van der Waals surface area (Å²) in [5.41, 5.74) is 1.05. The molecule has 1 saturated carbocycles. The monoisotopic (exact) mass is 248 g/mol. The van der Waals surface area contributed by atoms with Crippen molar-refractivity contribution in [3.05, 3.63) is 24.3 Å². The lowest BCUT2D eigenvalue weighted by Gasteiger charge is -2.18. The second-order valence-electron chi connectivity index (χ2n) is 4.65. The Labute approximate surface area is 105 Å². The Balaban J connectivity index is 1.85. The summed E-state index contributed by atoms with van der Waals surface area (Å²) in [5, 5.41) is 15.2. The SMILES string of the molecule is OCC1CCCC1Nc1snc2ccccc12. The summed E-state index contributed by atoms with van der Waals surface area (Å²) in [4.78, 5) is 0. The Kier molecular flexibility index (Phi) is 2.99. The first-order chi connectivity index (χ1) is 8.38. The number of aliphatic hydroxyl groups excluding tert-OH is 1. The van der Waals surface area contributed by atoms with E-state index in [-0.39, 0.29) is 6.61 Å². The maximum atomic E-state index is 9.33. The number of aliphatic hydroxyl groups is 1. The van der Waals surface area contributed by atoms with Gasteiger partial charge < -0.3 is 10.4 Å². The molecule has 1 aromatic carbocycles. The molecule has 2 unspecified atom stereocenters. The molecule has 4 heteroatoms. The molecule has 0 amide bonds. The van der Waals surface area contributed by atoms with Crippen molar-refractivity contribution >= 4 is 27.4 Å². The van der Waals surface area contributed by atoms with Gasteiger partial charge in [0.05, 0.1) is 5.52 Å². The minimum Gasteiger partial charge on any atom is -0.396 e. The minimum atomic E-state index is 0.286. The largest absolute Gasteiger partial charge is 0.396 e. The van der Waals surface area contributed by atoms with Crippen LogP contribution in [0.3, 0.4) is 0 Å². The summed E-state index contributed by atoms with van der Waals surface area (Å²) < 4.78 is 4.43. The van der Waals surface area contributed by atoms with Crippen LogP contribution in [0.2, 0.25) is 0 Å². The predicted molar refractivity (Wildman–Crippen MR) is 71.5 cm³/mol. The number of hydrogen-bond acceptors (Lipinski definition) is 4. The van der Waals surface area contributed by atoms with Crippen molar-refractivity contribution in [1.82, 2.24) is 4.37 Å². The number of nitrogens with zero attached hydrogens (tertiary/aromatic N) is 1. The van der Waals surface area contributed by atoms with Crippen LogP contribution >= 0.6 is 11.5 Å². The number of benzene rings is 1. The van der Waals surface area contributed by atoms with Crippen LogP contribution in [0.4, 0.5) is 5.00 Å². The van der Waals surface area contributed by atoms with E-state index in [0.717, 1.165) is 23.4 Å². The summed E-state index contributed by atoms with van der Waals surface area (Å²) in [6, 6.07) is 8.60. The molecule has 3 rings (SSSR count). The van der Waals surface area contributed by atoms with Crippen molar-refractivity contribution in [2.24, 2.45) is 5.92 Å². The van der Waals surface area contributed by atoms with Gasteiger partial charge in [-0.2, -0.15) is 4.37 Å². The molecule has 1 aliphatic carbocycles. The number of fused-ring (bicyclic) bond motifs is 1. The molecule has 1 heterocycles. The molecule has 2 atom stereocenters. The van der Waals surface area contributed by atoms with Gasteiger partial charge in [-0.05, 0) is 36.5 Å². The molecule has 1 fully saturated rings. The van der Waals surface area contributed by atoms with Gasteiger partial charge in [-0.1, -0.05) is 18.6 Å². The lowest BCUT2D eigenvalue weighted by atomic mass is 10.1. The fraction of sp³-hybridized carbons (Fsp3) is 0.462. The Morgan fingerprint density at radius 3 is 3.12 bits per heavy atom. The van der Waals surface area contributed by atoms with E-state index in [1.54, 1.807) is 0 Å². The van der Waals surface area contributed by atoms with Crippen LogP contribution in [0, 0.1) is 5.92 Å². The van der Waals surface area contributed by atoms with Crippen LogP contribution in [0.5, 0.6) is 0 Å². The van der Waals surface area contributed by atoms with E-state index in [2.05, 4.69) is 15.8 Å². The summed E-state index contributed by atoms with van der Waals surface area (Å²) in [6.45, 7) is 0.286. The van der Waals surface area contributed by atoms with Crippen LogP contribution in [0.25, 0.3) is 10.9 Å². The van der Waals surface area contributed by atoms with E-state index in [1.807, 2.05) is 18.2 Å². The Hall–Kier alpha value is -1.13. The first-order valence-corrected chi connectivity index (χ1v) is 6.87. The highest BCUT2D eigenvalue weighted by molar-refractivity contribution is 7.11. The molecule has 0 spiro atoms. The maximum absolute atomic E-state index is 9.33. The van der Waals surface area contributed by atoms with E-state index >= 15 is 0 Å². The molecule has 2 aromatic rings. The van der Waals surface area contributed by atoms with Gasteiger partial charge in [0.2, 0.25) is 0 Å². The highest BCUT2D eigenvalue weighted by Crippen LogP contribution is 2.33. The predicted octanol–water partition coefficient (Wildman–Crippen LogP) is 2.87. The van der Waals surface area contributed by atoms with Crippen molar-refractivity contribution in [2.45, 2.75) is 25.3 Å². The highest BCUT2D eigenvalue weighted by atomic mass is 32.1. The van der Waals surface area contributed by atoms with Gasteiger partial charge in [-0.25, -0.2) is 0 Å². The fourth-order valence-electron chi connectivity index (χ4n) is 2.61. The van der Waals surface area contributed by atoms with Gasteiger partial charge in [0.15, 0.2) is 0 Å². The zero-order valence-corrected chi connectivity index (χ0v) is 10.4. The number of hydrogen-bond donors (Lipinski definition) is 2. The molecule has 0 aliphatic heterocycles. The first kappa shape index (κ1) is 11.0. The minimum absolute atomic E-state index is 0.286. The molecule has 0 bridgehead atoms. The third-order valence-electron chi connectivity index (χ3n) is 3.59. The average Bonchev–Trinajstić information content (AvgIpc) is 2.97. The third kappa shape index (κ3) is 2.03. The normalized spacial score (nSPS) is 24.3. The summed E-state index contributed by atoms with van der Waals surface area (Å²) in [7, 11) is 0. The zero-order chi connectivity index (χ0) is 11.7. The summed E-state index contributed by atoms with van der Waals surface area (Å²) >= 11 is 1.52. The third-order valence-corrected chi connectivity index (χ3v) is 4.40. The second kappa shape index (κ2) is 4.63. The van der Waals surface area contributed by atoms with Crippen LogP contribution < -0.4 is 5.32 Å². The second-order valence-corrected chi connectivity index (χ2v) is 5.43. The first-order valence-electron chi connectivity index (χ1n) is 6.10. The molecular formula is C13H16N2OS. The van der Waals surface area contributed by atoms with E-state index in [9.17, 15) is 5.11 Å². The smallest absolute Gasteiger partial charge is 0.117 e. The van der Waals surface area contributed by atoms with Gasteiger partial charge >= 0.3 is 0 Å². The summed E-state index contributed by atoms with van der Waals surface area (Å²) in [5.74, 6) is 0.399. The van der Waals surface area contributed by atoms with Gasteiger partial charge in [0.25, 0.3) is 0 Å². The Bertz CT molecular complexity index is 511. The van der Waals surface area contributed by atoms with Crippen LogP contribution in [0.1, 0.15) is 19.3 Å². The Morgan fingerprint density at radius 2 is 2.24 bits per heavy atom. The number of rotatable bonds is 3. The van der Waals surface area contributed by atoms with Gasteiger partial charge in [0.1, 0.15) is 5.00 Å². The fourth-order valence-corrected chi connectivity index (χ4v) is 3.43. The van der Waals surface area contributed by atoms with Crippen molar-refractivity contribution in [3.63, 3.8) is 0 Å². The van der Waals surface area contributed by atoms with Crippen LogP contribution in [-0.4, -0.2) is 22.1 Å². The lowest BCUT2D eigenvalue weighted by molar-refractivity contribution is 0.223. The van der Waals surface area contributed by atoms with Crippen molar-refractivity contribution in [1.29, 1.82) is 0 Å². The molecule has 2 N–H and O–H groups in total. The molecule has 90 valence electrons. The molecule has 1 aliphatic rings. The summed E-state index contributed by atoms with van der Waals surface area (Å²) in [6.07, 6.45) is 3.49. The molecule has 3 nitrogen and oxygen atoms in total. The van der Waals surface area contributed by atoms with Gasteiger partial charge in [-0.3, -0.25) is 0 Å². The quantitative estimate of drug-likeness (QED) is 0.878. The number of anilines is 1. The molecule has 17 heavy (non-hydrogen) atoms. The maximum Gasteiger partial charge on any atom is 0.117 e. The molecule has 0 radical (unpaired) electrons. The van der Waals surface area contributed by atoms with Crippen LogP contribution in [-0.2, 0) is 0 Å². The van der Waals surface area contributed by atoms with E-state index in [1.165, 1.54) is 23.3 Å². The molecule has 1 aromatic heterocycles.